The van der Waals surface area contributed by atoms with Crippen molar-refractivity contribution in [3.8, 4) is 5.75 Å². The Morgan fingerprint density at radius 1 is 0.903 bits per heavy atom. The molecule has 0 aliphatic carbocycles. The highest BCUT2D eigenvalue weighted by atomic mass is 35.5. The SMILES string of the molecule is O=C(CC(c1ccccc1)c1cc(Cl)ccc1O)N1CCN(Cc2ccccc2)CC1. The van der Waals surface area contributed by atoms with Crippen LogP contribution in [0.5, 0.6) is 5.75 Å². The van der Waals surface area contributed by atoms with Crippen LogP contribution >= 0.6 is 11.6 Å². The predicted octanol–water partition coefficient (Wildman–Crippen LogP) is 4.91. The number of piperazine rings is 1. The molecule has 3 aromatic rings. The average Bonchev–Trinajstić information content (AvgIpc) is 2.81. The first-order valence-electron chi connectivity index (χ1n) is 10.7. The number of halogens is 1. The van der Waals surface area contributed by atoms with E-state index in [1.54, 1.807) is 18.2 Å². The Morgan fingerprint density at radius 2 is 1.55 bits per heavy atom. The molecule has 1 unspecified atom stereocenters. The average molecular weight is 435 g/mol. The van der Waals surface area contributed by atoms with E-state index in [2.05, 4.69) is 29.2 Å². The molecule has 1 aliphatic heterocycles. The summed E-state index contributed by atoms with van der Waals surface area (Å²) in [6, 6.07) is 25.3. The number of rotatable bonds is 6. The van der Waals surface area contributed by atoms with Crippen molar-refractivity contribution in [2.45, 2.75) is 18.9 Å². The van der Waals surface area contributed by atoms with Crippen LogP contribution in [0, 0.1) is 0 Å². The van der Waals surface area contributed by atoms with Crippen LogP contribution in [0.4, 0.5) is 0 Å². The monoisotopic (exact) mass is 434 g/mol. The van der Waals surface area contributed by atoms with Crippen molar-refractivity contribution in [1.29, 1.82) is 0 Å². The van der Waals surface area contributed by atoms with Crippen LogP contribution in [-0.2, 0) is 11.3 Å². The molecule has 1 fully saturated rings. The molecule has 1 N–H and O–H groups in total. The van der Waals surface area contributed by atoms with Crippen LogP contribution in [0.2, 0.25) is 5.02 Å². The maximum atomic E-state index is 13.2. The third-order valence-electron chi connectivity index (χ3n) is 5.92. The fourth-order valence-electron chi connectivity index (χ4n) is 4.20. The molecule has 160 valence electrons. The third-order valence-corrected chi connectivity index (χ3v) is 6.15. The second-order valence-corrected chi connectivity index (χ2v) is 8.45. The molecular formula is C26H27ClN2O2. The fraction of sp³-hybridized carbons (Fsp3) is 0.269. The number of benzene rings is 3. The topological polar surface area (TPSA) is 43.8 Å². The molecule has 4 rings (SSSR count). The number of nitrogens with zero attached hydrogens (tertiary/aromatic N) is 2. The Hall–Kier alpha value is -2.82. The lowest BCUT2D eigenvalue weighted by molar-refractivity contribution is -0.133. The number of hydrogen-bond acceptors (Lipinski definition) is 3. The Labute approximate surface area is 188 Å². The zero-order valence-corrected chi connectivity index (χ0v) is 18.2. The summed E-state index contributed by atoms with van der Waals surface area (Å²) in [5.74, 6) is 0.0288. The third kappa shape index (κ3) is 5.46. The summed E-state index contributed by atoms with van der Waals surface area (Å²) in [5.41, 5.74) is 2.98. The molecule has 0 saturated carbocycles. The van der Waals surface area contributed by atoms with Gasteiger partial charge in [-0.15, -0.1) is 0 Å². The Balaban J connectivity index is 1.44. The van der Waals surface area contributed by atoms with Gasteiger partial charge in [-0.05, 0) is 29.3 Å². The first kappa shape index (κ1) is 21.4. The van der Waals surface area contributed by atoms with Gasteiger partial charge in [-0.3, -0.25) is 9.69 Å². The second-order valence-electron chi connectivity index (χ2n) is 8.01. The standard InChI is InChI=1S/C26H27ClN2O2/c27-22-11-12-25(30)24(17-22)23(21-9-5-2-6-10-21)18-26(31)29-15-13-28(14-16-29)19-20-7-3-1-4-8-20/h1-12,17,23,30H,13-16,18-19H2. The molecule has 1 heterocycles. The lowest BCUT2D eigenvalue weighted by Crippen LogP contribution is -2.48. The maximum Gasteiger partial charge on any atom is 0.223 e. The highest BCUT2D eigenvalue weighted by molar-refractivity contribution is 6.30. The summed E-state index contributed by atoms with van der Waals surface area (Å²) >= 11 is 6.20. The van der Waals surface area contributed by atoms with Crippen LogP contribution in [0.25, 0.3) is 0 Å². The summed E-state index contributed by atoms with van der Waals surface area (Å²) in [6.45, 7) is 4.06. The van der Waals surface area contributed by atoms with Gasteiger partial charge < -0.3 is 10.0 Å². The normalized spacial score (nSPS) is 15.6. The van der Waals surface area contributed by atoms with Crippen molar-refractivity contribution in [3.05, 3.63) is 101 Å². The van der Waals surface area contributed by atoms with Crippen molar-refractivity contribution >= 4 is 17.5 Å². The summed E-state index contributed by atoms with van der Waals surface area (Å²) < 4.78 is 0. The molecule has 1 amide bonds. The summed E-state index contributed by atoms with van der Waals surface area (Å²) in [5, 5.41) is 11.0. The lowest BCUT2D eigenvalue weighted by Gasteiger charge is -2.35. The van der Waals surface area contributed by atoms with Gasteiger partial charge in [0, 0.05) is 55.6 Å². The van der Waals surface area contributed by atoms with Crippen molar-refractivity contribution in [2.75, 3.05) is 26.2 Å². The number of aromatic hydroxyl groups is 1. The Bertz CT molecular complexity index is 1000. The van der Waals surface area contributed by atoms with E-state index in [-0.39, 0.29) is 17.6 Å². The summed E-state index contributed by atoms with van der Waals surface area (Å²) in [6.07, 6.45) is 0.302. The molecular weight excluding hydrogens is 408 g/mol. The highest BCUT2D eigenvalue weighted by Crippen LogP contribution is 2.36. The number of carbonyl (C=O) groups is 1. The first-order chi connectivity index (χ1) is 15.1. The van der Waals surface area contributed by atoms with Crippen molar-refractivity contribution in [2.24, 2.45) is 0 Å². The number of phenols is 1. The lowest BCUT2D eigenvalue weighted by atomic mass is 9.87. The van der Waals surface area contributed by atoms with Crippen molar-refractivity contribution < 1.29 is 9.90 Å². The van der Waals surface area contributed by atoms with E-state index in [9.17, 15) is 9.90 Å². The maximum absolute atomic E-state index is 13.2. The smallest absolute Gasteiger partial charge is 0.223 e. The van der Waals surface area contributed by atoms with Crippen molar-refractivity contribution in [1.82, 2.24) is 9.80 Å². The minimum atomic E-state index is -0.241. The number of hydrogen-bond donors (Lipinski definition) is 1. The van der Waals surface area contributed by atoms with E-state index in [0.29, 0.717) is 30.1 Å². The van der Waals surface area contributed by atoms with Gasteiger partial charge in [0.25, 0.3) is 0 Å². The van der Waals surface area contributed by atoms with Crippen molar-refractivity contribution in [3.63, 3.8) is 0 Å². The van der Waals surface area contributed by atoms with E-state index in [4.69, 9.17) is 11.6 Å². The highest BCUT2D eigenvalue weighted by Gasteiger charge is 2.26. The van der Waals surface area contributed by atoms with E-state index in [1.807, 2.05) is 41.3 Å². The molecule has 3 aromatic carbocycles. The molecule has 31 heavy (non-hydrogen) atoms. The van der Waals surface area contributed by atoms with Gasteiger partial charge >= 0.3 is 0 Å². The molecule has 0 radical (unpaired) electrons. The van der Waals surface area contributed by atoms with E-state index in [0.717, 1.165) is 25.2 Å². The van der Waals surface area contributed by atoms with Crippen LogP contribution < -0.4 is 0 Å². The number of carbonyl (C=O) groups excluding carboxylic acids is 1. The van der Waals surface area contributed by atoms with Gasteiger partial charge in [-0.2, -0.15) is 0 Å². The van der Waals surface area contributed by atoms with E-state index >= 15 is 0 Å². The molecule has 1 atom stereocenters. The zero-order valence-electron chi connectivity index (χ0n) is 17.5. The molecule has 0 spiro atoms. The number of amides is 1. The van der Waals surface area contributed by atoms with E-state index < -0.39 is 0 Å². The molecule has 0 bridgehead atoms. The van der Waals surface area contributed by atoms with Gasteiger partial charge in [0.05, 0.1) is 0 Å². The Morgan fingerprint density at radius 3 is 2.23 bits per heavy atom. The van der Waals surface area contributed by atoms with Gasteiger partial charge in [0.2, 0.25) is 5.91 Å². The van der Waals surface area contributed by atoms with Crippen LogP contribution in [-0.4, -0.2) is 47.0 Å². The fourth-order valence-corrected chi connectivity index (χ4v) is 4.38. The molecule has 1 aliphatic rings. The Kier molecular flexibility index (Phi) is 6.90. The van der Waals surface area contributed by atoms with Gasteiger partial charge in [0.15, 0.2) is 0 Å². The van der Waals surface area contributed by atoms with Crippen LogP contribution in [0.1, 0.15) is 29.0 Å². The summed E-state index contributed by atoms with van der Waals surface area (Å²) in [4.78, 5) is 17.5. The molecule has 5 heteroatoms. The van der Waals surface area contributed by atoms with Crippen LogP contribution in [0.15, 0.2) is 78.9 Å². The summed E-state index contributed by atoms with van der Waals surface area (Å²) in [7, 11) is 0. The quantitative estimate of drug-likeness (QED) is 0.599. The molecule has 4 nitrogen and oxygen atoms in total. The number of phenolic OH excluding ortho intramolecular Hbond substituents is 1. The minimum absolute atomic E-state index is 0.104. The second kappa shape index (κ2) is 9.99. The zero-order chi connectivity index (χ0) is 21.6. The minimum Gasteiger partial charge on any atom is -0.508 e. The largest absolute Gasteiger partial charge is 0.508 e. The van der Waals surface area contributed by atoms with E-state index in [1.165, 1.54) is 5.56 Å². The van der Waals surface area contributed by atoms with Gasteiger partial charge in [-0.1, -0.05) is 72.3 Å². The first-order valence-corrected chi connectivity index (χ1v) is 11.1. The van der Waals surface area contributed by atoms with Crippen LogP contribution in [0.3, 0.4) is 0 Å². The predicted molar refractivity (Wildman–Crippen MR) is 124 cm³/mol. The molecule has 1 saturated heterocycles. The molecule has 0 aromatic heterocycles. The van der Waals surface area contributed by atoms with Gasteiger partial charge in [0.1, 0.15) is 5.75 Å². The van der Waals surface area contributed by atoms with Gasteiger partial charge in [-0.25, -0.2) is 0 Å².